The summed E-state index contributed by atoms with van der Waals surface area (Å²) in [5.41, 5.74) is 1.79. The molecule has 5 fully saturated rings. The number of nitrogens with zero attached hydrogens (tertiary/aromatic N) is 1. The van der Waals surface area contributed by atoms with Gasteiger partial charge in [-0.25, -0.2) is 4.98 Å². The average molecular weight is 302 g/mol. The summed E-state index contributed by atoms with van der Waals surface area (Å²) in [6.45, 7) is 3.28. The molecule has 1 aromatic heterocycles. The highest BCUT2D eigenvalue weighted by Crippen LogP contribution is 2.61. The number of rotatable bonds is 4. The van der Waals surface area contributed by atoms with Crippen LogP contribution in [0.4, 0.5) is 0 Å². The number of hydrogen-bond acceptors (Lipinski definition) is 3. The summed E-state index contributed by atoms with van der Waals surface area (Å²) in [6, 6.07) is 0.800. The van der Waals surface area contributed by atoms with Crippen molar-refractivity contribution in [2.45, 2.75) is 76.3 Å². The fourth-order valence-corrected chi connectivity index (χ4v) is 6.95. The van der Waals surface area contributed by atoms with Gasteiger partial charge in [-0.1, -0.05) is 0 Å². The summed E-state index contributed by atoms with van der Waals surface area (Å²) in [5.74, 6) is 3.07. The summed E-state index contributed by atoms with van der Waals surface area (Å²) in [4.78, 5) is 6.58. The second-order valence-corrected chi connectivity index (χ2v) is 9.46. The standard InChI is InChI=1S/C18H26N2S/c1-11-16(10-19-15-2-3-15)21-17(20-11)18-7-12-4-13(8-18)6-14(5-12)9-18/h12-15,19H,2-10H2,1H3. The SMILES string of the molecule is Cc1nc(C23CC4CC(CC(C4)C2)C3)sc1CNC1CC1. The van der Waals surface area contributed by atoms with E-state index in [0.29, 0.717) is 5.41 Å². The van der Waals surface area contributed by atoms with E-state index in [0.717, 1.165) is 30.3 Å². The number of hydrogen-bond donors (Lipinski definition) is 1. The van der Waals surface area contributed by atoms with E-state index < -0.39 is 0 Å². The van der Waals surface area contributed by atoms with Crippen LogP contribution in [-0.4, -0.2) is 11.0 Å². The maximum Gasteiger partial charge on any atom is 0.0993 e. The maximum atomic E-state index is 5.08. The molecule has 2 nitrogen and oxygen atoms in total. The quantitative estimate of drug-likeness (QED) is 0.903. The highest BCUT2D eigenvalue weighted by molar-refractivity contribution is 7.11. The molecule has 0 amide bonds. The highest BCUT2D eigenvalue weighted by atomic mass is 32.1. The van der Waals surface area contributed by atoms with Crippen molar-refractivity contribution in [1.29, 1.82) is 0 Å². The van der Waals surface area contributed by atoms with Gasteiger partial charge in [-0.05, 0) is 76.0 Å². The normalized spacial score (nSPS) is 40.9. The molecule has 1 heterocycles. The Morgan fingerprint density at radius 2 is 1.71 bits per heavy atom. The summed E-state index contributed by atoms with van der Waals surface area (Å²) in [5, 5.41) is 5.18. The lowest BCUT2D eigenvalue weighted by Gasteiger charge is -2.56. The predicted molar refractivity (Wildman–Crippen MR) is 86.6 cm³/mol. The topological polar surface area (TPSA) is 24.9 Å². The molecule has 5 aliphatic rings. The van der Waals surface area contributed by atoms with Gasteiger partial charge in [0.2, 0.25) is 0 Å². The Labute approximate surface area is 131 Å². The minimum atomic E-state index is 0.488. The van der Waals surface area contributed by atoms with Crippen molar-refractivity contribution in [2.75, 3.05) is 0 Å². The molecule has 0 spiro atoms. The van der Waals surface area contributed by atoms with Crippen molar-refractivity contribution in [3.05, 3.63) is 15.6 Å². The third-order valence-electron chi connectivity index (χ3n) is 6.51. The van der Waals surface area contributed by atoms with Crippen molar-refractivity contribution in [1.82, 2.24) is 10.3 Å². The Kier molecular flexibility index (Phi) is 2.83. The molecule has 0 aromatic carbocycles. The van der Waals surface area contributed by atoms with E-state index in [1.165, 1.54) is 66.9 Å². The molecule has 5 saturated carbocycles. The third kappa shape index (κ3) is 2.19. The first-order chi connectivity index (χ1) is 10.2. The maximum absolute atomic E-state index is 5.08. The Balaban J connectivity index is 1.42. The first-order valence-corrected chi connectivity index (χ1v) is 9.72. The van der Waals surface area contributed by atoms with Crippen molar-refractivity contribution < 1.29 is 0 Å². The molecule has 0 saturated heterocycles. The van der Waals surface area contributed by atoms with Crippen LogP contribution in [0.15, 0.2) is 0 Å². The van der Waals surface area contributed by atoms with Crippen LogP contribution in [0.1, 0.15) is 66.9 Å². The molecule has 0 radical (unpaired) electrons. The molecule has 1 N–H and O–H groups in total. The molecular formula is C18H26N2S. The molecule has 4 bridgehead atoms. The Bertz CT molecular complexity index is 522. The van der Waals surface area contributed by atoms with Gasteiger partial charge in [0.1, 0.15) is 0 Å². The Morgan fingerprint density at radius 1 is 1.10 bits per heavy atom. The van der Waals surface area contributed by atoms with E-state index in [2.05, 4.69) is 12.2 Å². The summed E-state index contributed by atoms with van der Waals surface area (Å²) in [6.07, 6.45) is 11.7. The number of nitrogens with one attached hydrogen (secondary N) is 1. The molecule has 3 heteroatoms. The highest BCUT2D eigenvalue weighted by Gasteiger charge is 2.53. The largest absolute Gasteiger partial charge is 0.309 e. The van der Waals surface area contributed by atoms with Gasteiger partial charge in [0, 0.05) is 22.9 Å². The minimum absolute atomic E-state index is 0.488. The van der Waals surface area contributed by atoms with Gasteiger partial charge in [0.25, 0.3) is 0 Å². The molecule has 0 aliphatic heterocycles. The van der Waals surface area contributed by atoms with Crippen LogP contribution in [0.25, 0.3) is 0 Å². The van der Waals surface area contributed by atoms with E-state index in [1.807, 2.05) is 11.3 Å². The molecule has 21 heavy (non-hydrogen) atoms. The summed E-state index contributed by atoms with van der Waals surface area (Å²) in [7, 11) is 0. The zero-order chi connectivity index (χ0) is 14.0. The minimum Gasteiger partial charge on any atom is -0.309 e. The summed E-state index contributed by atoms with van der Waals surface area (Å²) >= 11 is 2.04. The third-order valence-corrected chi connectivity index (χ3v) is 7.92. The average Bonchev–Trinajstić information content (AvgIpc) is 3.18. The van der Waals surface area contributed by atoms with Crippen LogP contribution in [0.2, 0.25) is 0 Å². The van der Waals surface area contributed by atoms with Gasteiger partial charge in [0.05, 0.1) is 10.7 Å². The van der Waals surface area contributed by atoms with Crippen molar-refractivity contribution in [3.8, 4) is 0 Å². The van der Waals surface area contributed by atoms with Crippen LogP contribution >= 0.6 is 11.3 Å². The van der Waals surface area contributed by atoms with Gasteiger partial charge in [-0.2, -0.15) is 0 Å². The molecular weight excluding hydrogens is 276 g/mol. The Morgan fingerprint density at radius 3 is 2.29 bits per heavy atom. The van der Waals surface area contributed by atoms with Gasteiger partial charge in [-0.15, -0.1) is 11.3 Å². The van der Waals surface area contributed by atoms with Gasteiger partial charge in [0.15, 0.2) is 0 Å². The molecule has 6 rings (SSSR count). The van der Waals surface area contributed by atoms with Crippen molar-refractivity contribution >= 4 is 11.3 Å². The fourth-order valence-electron chi connectivity index (χ4n) is 5.72. The lowest BCUT2D eigenvalue weighted by molar-refractivity contribution is -0.00531. The van der Waals surface area contributed by atoms with E-state index in [-0.39, 0.29) is 0 Å². The Hall–Kier alpha value is -0.410. The summed E-state index contributed by atoms with van der Waals surface area (Å²) < 4.78 is 0. The van der Waals surface area contributed by atoms with Gasteiger partial charge >= 0.3 is 0 Å². The first-order valence-electron chi connectivity index (χ1n) is 8.90. The van der Waals surface area contributed by atoms with Crippen molar-refractivity contribution in [3.63, 3.8) is 0 Å². The van der Waals surface area contributed by atoms with Crippen molar-refractivity contribution in [2.24, 2.45) is 17.8 Å². The van der Waals surface area contributed by atoms with E-state index in [4.69, 9.17) is 4.98 Å². The molecule has 0 atom stereocenters. The van der Waals surface area contributed by atoms with Gasteiger partial charge < -0.3 is 5.32 Å². The predicted octanol–water partition coefficient (Wildman–Crippen LogP) is 4.17. The fraction of sp³-hybridized carbons (Fsp3) is 0.833. The van der Waals surface area contributed by atoms with E-state index in [1.54, 1.807) is 0 Å². The zero-order valence-corrected chi connectivity index (χ0v) is 13.8. The van der Waals surface area contributed by atoms with Crippen LogP contribution in [0.3, 0.4) is 0 Å². The second kappa shape index (κ2) is 4.55. The van der Waals surface area contributed by atoms with Crippen LogP contribution in [0.5, 0.6) is 0 Å². The smallest absolute Gasteiger partial charge is 0.0993 e. The second-order valence-electron chi connectivity index (χ2n) is 8.38. The van der Waals surface area contributed by atoms with Crippen LogP contribution in [-0.2, 0) is 12.0 Å². The molecule has 1 aromatic rings. The zero-order valence-electron chi connectivity index (χ0n) is 13.0. The van der Waals surface area contributed by atoms with E-state index in [9.17, 15) is 0 Å². The number of aryl methyl sites for hydroxylation is 1. The number of aromatic nitrogens is 1. The monoisotopic (exact) mass is 302 g/mol. The molecule has 5 aliphatic carbocycles. The van der Waals surface area contributed by atoms with Crippen LogP contribution < -0.4 is 5.32 Å². The van der Waals surface area contributed by atoms with Crippen LogP contribution in [0, 0.1) is 24.7 Å². The van der Waals surface area contributed by atoms with Gasteiger partial charge in [-0.3, -0.25) is 0 Å². The molecule has 114 valence electrons. The van der Waals surface area contributed by atoms with E-state index >= 15 is 0 Å². The first kappa shape index (κ1) is 13.1. The number of thiazole rings is 1. The lowest BCUT2D eigenvalue weighted by Crippen LogP contribution is -2.48. The lowest BCUT2D eigenvalue weighted by atomic mass is 9.50. The molecule has 0 unspecified atom stereocenters.